The van der Waals surface area contributed by atoms with Crippen molar-refractivity contribution in [3.8, 4) is 0 Å². The molecular formula is C11H10N2O4. The van der Waals surface area contributed by atoms with Crippen LogP contribution in [0.3, 0.4) is 0 Å². The van der Waals surface area contributed by atoms with Gasteiger partial charge in [0.2, 0.25) is 5.91 Å². The summed E-state index contributed by atoms with van der Waals surface area (Å²) >= 11 is 0. The van der Waals surface area contributed by atoms with Crippen LogP contribution in [-0.2, 0) is 9.59 Å². The van der Waals surface area contributed by atoms with E-state index >= 15 is 0 Å². The van der Waals surface area contributed by atoms with Gasteiger partial charge in [-0.25, -0.2) is 9.78 Å². The van der Waals surface area contributed by atoms with E-state index in [4.69, 9.17) is 9.52 Å². The summed E-state index contributed by atoms with van der Waals surface area (Å²) in [5.41, 5.74) is 1.57. The number of oxazole rings is 1. The summed E-state index contributed by atoms with van der Waals surface area (Å²) in [7, 11) is 0. The van der Waals surface area contributed by atoms with Crippen molar-refractivity contribution in [2.24, 2.45) is 0 Å². The van der Waals surface area contributed by atoms with Crippen LogP contribution >= 0.6 is 0 Å². The van der Waals surface area contributed by atoms with Crippen LogP contribution in [0.15, 0.2) is 29.0 Å². The van der Waals surface area contributed by atoms with Crippen molar-refractivity contribution in [1.82, 2.24) is 10.3 Å². The molecule has 1 unspecified atom stereocenters. The molecule has 88 valence electrons. The Kier molecular flexibility index (Phi) is 2.78. The predicted molar refractivity (Wildman–Crippen MR) is 58.2 cm³/mol. The summed E-state index contributed by atoms with van der Waals surface area (Å²) < 4.78 is 5.08. The van der Waals surface area contributed by atoms with Crippen LogP contribution in [0.4, 0.5) is 0 Å². The number of hydrogen-bond acceptors (Lipinski definition) is 4. The Balaban J connectivity index is 2.40. The van der Waals surface area contributed by atoms with E-state index in [0.717, 1.165) is 0 Å². The first-order chi connectivity index (χ1) is 8.08. The van der Waals surface area contributed by atoms with E-state index in [1.54, 1.807) is 18.2 Å². The first-order valence-electron chi connectivity index (χ1n) is 4.91. The molecule has 17 heavy (non-hydrogen) atoms. The fourth-order valence-electron chi connectivity index (χ4n) is 1.54. The van der Waals surface area contributed by atoms with Crippen molar-refractivity contribution < 1.29 is 19.1 Å². The molecule has 6 heteroatoms. The number of aliphatic carboxylic acids is 1. The molecule has 1 heterocycles. The van der Waals surface area contributed by atoms with Gasteiger partial charge in [0, 0.05) is 6.92 Å². The molecule has 0 aliphatic heterocycles. The van der Waals surface area contributed by atoms with E-state index in [-0.39, 0.29) is 0 Å². The molecule has 0 saturated carbocycles. The smallest absolute Gasteiger partial charge is 0.330 e. The molecule has 0 spiro atoms. The molecule has 2 aromatic rings. The van der Waals surface area contributed by atoms with Gasteiger partial charge in [0.15, 0.2) is 18.0 Å². The highest BCUT2D eigenvalue weighted by molar-refractivity contribution is 5.84. The molecule has 2 N–H and O–H groups in total. The van der Waals surface area contributed by atoms with Crippen molar-refractivity contribution >= 4 is 23.0 Å². The van der Waals surface area contributed by atoms with Gasteiger partial charge in [-0.1, -0.05) is 6.07 Å². The second kappa shape index (κ2) is 4.25. The van der Waals surface area contributed by atoms with Crippen LogP contribution in [0.5, 0.6) is 0 Å². The number of nitrogens with one attached hydrogen (secondary N) is 1. The number of rotatable bonds is 3. The average molecular weight is 234 g/mol. The third-order valence-corrected chi connectivity index (χ3v) is 2.28. The Morgan fingerprint density at radius 1 is 1.47 bits per heavy atom. The maximum Gasteiger partial charge on any atom is 0.330 e. The standard InChI is InChI=1S/C11H10N2O4/c1-6(14)13-10(11(15)16)7-2-3-8-9(4-7)17-5-12-8/h2-5,10H,1H3,(H,13,14)(H,15,16). The topological polar surface area (TPSA) is 92.4 Å². The second-order valence-corrected chi connectivity index (χ2v) is 3.55. The molecule has 1 atom stereocenters. The largest absolute Gasteiger partial charge is 0.479 e. The minimum absolute atomic E-state index is 0.407. The number of benzene rings is 1. The first-order valence-corrected chi connectivity index (χ1v) is 4.91. The van der Waals surface area contributed by atoms with Crippen molar-refractivity contribution in [3.63, 3.8) is 0 Å². The lowest BCUT2D eigenvalue weighted by Crippen LogP contribution is -2.31. The molecule has 0 aliphatic carbocycles. The normalized spacial score (nSPS) is 12.3. The molecule has 0 bridgehead atoms. The number of carbonyl (C=O) groups is 2. The van der Waals surface area contributed by atoms with Gasteiger partial charge in [0.1, 0.15) is 5.52 Å². The Morgan fingerprint density at radius 2 is 2.24 bits per heavy atom. The number of aromatic nitrogens is 1. The fraction of sp³-hybridized carbons (Fsp3) is 0.182. The summed E-state index contributed by atoms with van der Waals surface area (Å²) in [5.74, 6) is -1.53. The quantitative estimate of drug-likeness (QED) is 0.829. The van der Waals surface area contributed by atoms with Gasteiger partial charge in [0.05, 0.1) is 0 Å². The van der Waals surface area contributed by atoms with Crippen molar-refractivity contribution in [2.75, 3.05) is 0 Å². The molecular weight excluding hydrogens is 224 g/mol. The summed E-state index contributed by atoms with van der Waals surface area (Å²) in [4.78, 5) is 25.9. The molecule has 1 aromatic carbocycles. The predicted octanol–water partition coefficient (Wildman–Crippen LogP) is 1.09. The number of carboxylic acid groups (broad SMARTS) is 1. The average Bonchev–Trinajstić information content (AvgIpc) is 2.72. The molecule has 1 aromatic heterocycles. The number of nitrogens with zero attached hydrogens (tertiary/aromatic N) is 1. The van der Waals surface area contributed by atoms with E-state index in [0.29, 0.717) is 16.7 Å². The van der Waals surface area contributed by atoms with Gasteiger partial charge in [-0.2, -0.15) is 0 Å². The SMILES string of the molecule is CC(=O)NC(C(=O)O)c1ccc2ncoc2c1. The van der Waals surface area contributed by atoms with Crippen LogP contribution in [0.2, 0.25) is 0 Å². The summed E-state index contributed by atoms with van der Waals surface area (Å²) in [6, 6.07) is 3.71. The van der Waals surface area contributed by atoms with Crippen molar-refractivity contribution in [3.05, 3.63) is 30.2 Å². The minimum Gasteiger partial charge on any atom is -0.479 e. The van der Waals surface area contributed by atoms with Gasteiger partial charge in [0.25, 0.3) is 0 Å². The van der Waals surface area contributed by atoms with Crippen LogP contribution in [0.1, 0.15) is 18.5 Å². The Labute approximate surface area is 96.3 Å². The van der Waals surface area contributed by atoms with Crippen LogP contribution < -0.4 is 5.32 Å². The highest BCUT2D eigenvalue weighted by Gasteiger charge is 2.21. The second-order valence-electron chi connectivity index (χ2n) is 3.55. The fourth-order valence-corrected chi connectivity index (χ4v) is 1.54. The minimum atomic E-state index is -1.13. The van der Waals surface area contributed by atoms with E-state index in [1.807, 2.05) is 0 Å². The van der Waals surface area contributed by atoms with Crippen LogP contribution in [0.25, 0.3) is 11.1 Å². The maximum absolute atomic E-state index is 11.0. The van der Waals surface area contributed by atoms with E-state index in [1.165, 1.54) is 13.3 Å². The maximum atomic E-state index is 11.0. The molecule has 6 nitrogen and oxygen atoms in total. The molecule has 0 saturated heterocycles. The van der Waals surface area contributed by atoms with E-state index in [2.05, 4.69) is 10.3 Å². The van der Waals surface area contributed by atoms with Gasteiger partial charge in [-0.05, 0) is 17.7 Å². The third-order valence-electron chi connectivity index (χ3n) is 2.28. The molecule has 1 amide bonds. The molecule has 0 radical (unpaired) electrons. The molecule has 2 rings (SSSR count). The third kappa shape index (κ3) is 2.25. The number of amides is 1. The number of fused-ring (bicyclic) bond motifs is 1. The lowest BCUT2D eigenvalue weighted by molar-refractivity contribution is -0.141. The van der Waals surface area contributed by atoms with Crippen LogP contribution in [0, 0.1) is 0 Å². The number of hydrogen-bond donors (Lipinski definition) is 2. The van der Waals surface area contributed by atoms with E-state index < -0.39 is 17.9 Å². The number of carboxylic acids is 1. The first kappa shape index (κ1) is 11.1. The monoisotopic (exact) mass is 234 g/mol. The van der Waals surface area contributed by atoms with Crippen molar-refractivity contribution in [1.29, 1.82) is 0 Å². The summed E-state index contributed by atoms with van der Waals surface area (Å²) in [6.45, 7) is 1.27. The number of carbonyl (C=O) groups excluding carboxylic acids is 1. The van der Waals surface area contributed by atoms with E-state index in [9.17, 15) is 9.59 Å². The Hall–Kier alpha value is -2.37. The Bertz CT molecular complexity index is 576. The van der Waals surface area contributed by atoms with Crippen LogP contribution in [-0.4, -0.2) is 22.0 Å². The zero-order valence-corrected chi connectivity index (χ0v) is 9.01. The summed E-state index contributed by atoms with van der Waals surface area (Å²) in [5, 5.41) is 11.4. The Morgan fingerprint density at radius 3 is 2.88 bits per heavy atom. The van der Waals surface area contributed by atoms with Crippen molar-refractivity contribution in [2.45, 2.75) is 13.0 Å². The lowest BCUT2D eigenvalue weighted by atomic mass is 10.1. The zero-order valence-electron chi connectivity index (χ0n) is 9.01. The van der Waals surface area contributed by atoms with Gasteiger partial charge < -0.3 is 14.8 Å². The molecule has 0 aliphatic rings. The highest BCUT2D eigenvalue weighted by Crippen LogP contribution is 2.19. The van der Waals surface area contributed by atoms with Gasteiger partial charge in [-0.15, -0.1) is 0 Å². The summed E-state index contributed by atoms with van der Waals surface area (Å²) in [6.07, 6.45) is 1.28. The molecule has 0 fully saturated rings. The highest BCUT2D eigenvalue weighted by atomic mass is 16.4. The van der Waals surface area contributed by atoms with Gasteiger partial charge >= 0.3 is 5.97 Å². The van der Waals surface area contributed by atoms with Gasteiger partial charge in [-0.3, -0.25) is 4.79 Å². The zero-order chi connectivity index (χ0) is 12.4. The lowest BCUT2D eigenvalue weighted by Gasteiger charge is -2.13.